The second kappa shape index (κ2) is 4.57. The normalized spacial score (nSPS) is 22.7. The van der Waals surface area contributed by atoms with Crippen molar-refractivity contribution in [1.29, 1.82) is 5.26 Å². The van der Waals surface area contributed by atoms with Crippen molar-refractivity contribution in [3.8, 4) is 6.19 Å². The van der Waals surface area contributed by atoms with Crippen LogP contribution in [0.4, 0.5) is 13.2 Å². The molecule has 1 aliphatic carbocycles. The largest absolute Gasteiger partial charge is 0.283 e. The molecule has 0 fully saturated rings. The number of hydrogen-bond acceptors (Lipinski definition) is 3. The molecule has 0 aliphatic heterocycles. The van der Waals surface area contributed by atoms with Crippen molar-refractivity contribution in [2.45, 2.75) is 0 Å². The zero-order valence-corrected chi connectivity index (χ0v) is 9.51. The van der Waals surface area contributed by atoms with E-state index in [2.05, 4.69) is 9.98 Å². The molecule has 1 aliphatic rings. The number of aliphatic imine (C=N–C) groups is 2. The van der Waals surface area contributed by atoms with E-state index < -0.39 is 28.9 Å². The molecule has 78 valence electrons. The predicted molar refractivity (Wildman–Crippen MR) is 57.8 cm³/mol. The Morgan fingerprint density at radius 3 is 2.13 bits per heavy atom. The van der Waals surface area contributed by atoms with Crippen molar-refractivity contribution in [2.75, 3.05) is 7.05 Å². The molecule has 0 spiro atoms. The lowest BCUT2D eigenvalue weighted by Crippen LogP contribution is -2.16. The van der Waals surface area contributed by atoms with Gasteiger partial charge in [-0.05, 0) is 22.6 Å². The van der Waals surface area contributed by atoms with Crippen molar-refractivity contribution in [3.63, 3.8) is 0 Å². The van der Waals surface area contributed by atoms with Gasteiger partial charge in [0.2, 0.25) is 6.19 Å². The molecule has 0 amide bonds. The van der Waals surface area contributed by atoms with Crippen LogP contribution in [0.15, 0.2) is 31.0 Å². The lowest BCUT2D eigenvalue weighted by Gasteiger charge is -2.12. The van der Waals surface area contributed by atoms with Crippen LogP contribution in [0.5, 0.6) is 0 Å². The van der Waals surface area contributed by atoms with Gasteiger partial charge in [0.25, 0.3) is 0 Å². The van der Waals surface area contributed by atoms with Crippen LogP contribution < -0.4 is 0 Å². The van der Waals surface area contributed by atoms with Crippen molar-refractivity contribution in [2.24, 2.45) is 9.98 Å². The van der Waals surface area contributed by atoms with E-state index in [1.54, 1.807) is 0 Å². The lowest BCUT2D eigenvalue weighted by molar-refractivity contribution is 0.579. The van der Waals surface area contributed by atoms with Gasteiger partial charge in [-0.2, -0.15) is 10.3 Å². The fourth-order valence-corrected chi connectivity index (χ4v) is 1.57. The van der Waals surface area contributed by atoms with Gasteiger partial charge in [0, 0.05) is 7.05 Å². The summed E-state index contributed by atoms with van der Waals surface area (Å²) in [6, 6.07) is 0. The molecule has 1 rings (SSSR count). The van der Waals surface area contributed by atoms with Crippen LogP contribution >= 0.6 is 22.6 Å². The molecule has 0 aromatic carbocycles. The summed E-state index contributed by atoms with van der Waals surface area (Å²) in [6.45, 7) is 0. The minimum Gasteiger partial charge on any atom is -0.283 e. The summed E-state index contributed by atoms with van der Waals surface area (Å²) in [5.41, 5.74) is -1.34. The van der Waals surface area contributed by atoms with E-state index >= 15 is 0 Å². The van der Waals surface area contributed by atoms with Gasteiger partial charge in [-0.15, -0.1) is 0 Å². The second-order valence-electron chi connectivity index (χ2n) is 2.39. The molecule has 0 unspecified atom stereocenters. The summed E-state index contributed by atoms with van der Waals surface area (Å²) in [4.78, 5) is 6.28. The topological polar surface area (TPSA) is 48.5 Å². The molecular weight excluding hydrogens is 322 g/mol. The fraction of sp³-hybridized carbons (Fsp3) is 0.125. The molecule has 15 heavy (non-hydrogen) atoms. The molecule has 0 atom stereocenters. The highest BCUT2D eigenvalue weighted by atomic mass is 127. The van der Waals surface area contributed by atoms with Gasteiger partial charge < -0.3 is 0 Å². The molecule has 0 saturated carbocycles. The van der Waals surface area contributed by atoms with E-state index in [1.807, 2.05) is 0 Å². The van der Waals surface area contributed by atoms with E-state index in [0.717, 1.165) is 7.05 Å². The summed E-state index contributed by atoms with van der Waals surface area (Å²) in [5.74, 6) is -3.83. The lowest BCUT2D eigenvalue weighted by atomic mass is 10.1. The first-order chi connectivity index (χ1) is 7.04. The number of rotatable bonds is 0. The Labute approximate surface area is 96.9 Å². The van der Waals surface area contributed by atoms with Crippen LogP contribution in [0.1, 0.15) is 0 Å². The van der Waals surface area contributed by atoms with Crippen LogP contribution in [0.25, 0.3) is 0 Å². The molecule has 0 heterocycles. The highest BCUT2D eigenvalue weighted by Crippen LogP contribution is 2.32. The third-order valence-corrected chi connectivity index (χ3v) is 2.59. The Kier molecular flexibility index (Phi) is 3.62. The summed E-state index contributed by atoms with van der Waals surface area (Å²) in [6.07, 6.45) is 1.27. The maximum atomic E-state index is 13.3. The van der Waals surface area contributed by atoms with Crippen molar-refractivity contribution >= 4 is 34.0 Å². The molecular formula is C8H3F3IN3. The standard InChI is InChI=1S/C8H3F3IN3/c1-14-7-3(9)4(10)8(15-2-13)6(12)5(7)11/h1H3/b14-7+,15-8-. The van der Waals surface area contributed by atoms with Crippen LogP contribution in [0.3, 0.4) is 0 Å². The summed E-state index contributed by atoms with van der Waals surface area (Å²) >= 11 is 1.43. The Morgan fingerprint density at radius 2 is 1.67 bits per heavy atom. The molecule has 7 heteroatoms. The van der Waals surface area contributed by atoms with E-state index in [1.165, 1.54) is 28.8 Å². The molecule has 0 bridgehead atoms. The summed E-state index contributed by atoms with van der Waals surface area (Å²) in [7, 11) is 1.14. The Hall–Kier alpha value is -1.17. The molecule has 0 N–H and O–H groups in total. The van der Waals surface area contributed by atoms with E-state index in [0.29, 0.717) is 0 Å². The molecule has 0 radical (unpaired) electrons. The maximum Gasteiger partial charge on any atom is 0.206 e. The number of allylic oxidation sites excluding steroid dienone is 4. The third-order valence-electron chi connectivity index (χ3n) is 1.60. The summed E-state index contributed by atoms with van der Waals surface area (Å²) in [5, 5.41) is 8.22. The predicted octanol–water partition coefficient (Wildman–Crippen LogP) is 2.76. The van der Waals surface area contributed by atoms with Gasteiger partial charge >= 0.3 is 0 Å². The third kappa shape index (κ3) is 1.94. The average molecular weight is 325 g/mol. The van der Waals surface area contributed by atoms with E-state index in [9.17, 15) is 13.2 Å². The van der Waals surface area contributed by atoms with Gasteiger partial charge in [-0.1, -0.05) is 0 Å². The first kappa shape index (κ1) is 11.9. The van der Waals surface area contributed by atoms with Gasteiger partial charge in [-0.3, -0.25) is 4.99 Å². The molecule has 0 aromatic rings. The quantitative estimate of drug-likeness (QED) is 0.384. The van der Waals surface area contributed by atoms with Crippen molar-refractivity contribution < 1.29 is 13.2 Å². The Bertz CT molecular complexity index is 438. The van der Waals surface area contributed by atoms with Crippen LogP contribution in [0.2, 0.25) is 0 Å². The first-order valence-electron chi connectivity index (χ1n) is 3.60. The average Bonchev–Trinajstić information content (AvgIpc) is 2.23. The number of nitrogens with zero attached hydrogens (tertiary/aromatic N) is 3. The smallest absolute Gasteiger partial charge is 0.206 e. The fourth-order valence-electron chi connectivity index (χ4n) is 0.953. The van der Waals surface area contributed by atoms with Gasteiger partial charge in [0.15, 0.2) is 17.5 Å². The van der Waals surface area contributed by atoms with Gasteiger partial charge in [-0.25, -0.2) is 13.2 Å². The van der Waals surface area contributed by atoms with Crippen LogP contribution in [0, 0.1) is 11.5 Å². The zero-order chi connectivity index (χ0) is 11.6. The highest BCUT2D eigenvalue weighted by molar-refractivity contribution is 14.1. The minimum atomic E-state index is -1.44. The van der Waals surface area contributed by atoms with Gasteiger partial charge in [0.05, 0.1) is 3.58 Å². The van der Waals surface area contributed by atoms with E-state index in [4.69, 9.17) is 5.26 Å². The Balaban J connectivity index is 3.48. The SMILES string of the molecule is C/N=C1C(F)=C(F)/C(=N/C#N)C(I)=C\1F. The molecule has 0 aromatic heterocycles. The number of nitriles is 1. The molecule has 0 saturated heterocycles. The number of halogens is 4. The minimum absolute atomic E-state index is 0.270. The first-order valence-corrected chi connectivity index (χ1v) is 4.68. The highest BCUT2D eigenvalue weighted by Gasteiger charge is 2.31. The zero-order valence-electron chi connectivity index (χ0n) is 7.35. The van der Waals surface area contributed by atoms with Crippen LogP contribution in [-0.2, 0) is 0 Å². The molecule has 3 nitrogen and oxygen atoms in total. The van der Waals surface area contributed by atoms with Crippen molar-refractivity contribution in [1.82, 2.24) is 0 Å². The monoisotopic (exact) mass is 325 g/mol. The Morgan fingerprint density at radius 1 is 1.13 bits per heavy atom. The summed E-state index contributed by atoms with van der Waals surface area (Å²) < 4.78 is 39.5. The second-order valence-corrected chi connectivity index (χ2v) is 3.47. The number of hydrogen-bond donors (Lipinski definition) is 0. The van der Waals surface area contributed by atoms with Crippen molar-refractivity contribution in [3.05, 3.63) is 21.1 Å². The van der Waals surface area contributed by atoms with Crippen LogP contribution in [-0.4, -0.2) is 18.5 Å². The van der Waals surface area contributed by atoms with E-state index in [-0.39, 0.29) is 3.58 Å². The maximum absolute atomic E-state index is 13.3. The van der Waals surface area contributed by atoms with Gasteiger partial charge in [0.1, 0.15) is 11.4 Å².